The first kappa shape index (κ1) is 20.2. The molecule has 0 saturated carbocycles. The lowest BCUT2D eigenvalue weighted by atomic mass is 10.2. The summed E-state index contributed by atoms with van der Waals surface area (Å²) in [5.74, 6) is -1.02. The maximum Gasteiger partial charge on any atom is 0.271 e. The summed E-state index contributed by atoms with van der Waals surface area (Å²) in [6.45, 7) is 0. The van der Waals surface area contributed by atoms with E-state index in [0.29, 0.717) is 15.6 Å². The molecule has 2 rings (SSSR count). The minimum Gasteiger partial charge on any atom is -0.298 e. The van der Waals surface area contributed by atoms with Crippen LogP contribution in [0, 0.1) is 0 Å². The van der Waals surface area contributed by atoms with Gasteiger partial charge in [-0.05, 0) is 48.1 Å². The molecule has 3 N–H and O–H groups in total. The van der Waals surface area contributed by atoms with Gasteiger partial charge in [0.2, 0.25) is 5.91 Å². The van der Waals surface area contributed by atoms with Crippen molar-refractivity contribution in [3.05, 3.63) is 74.7 Å². The maximum absolute atomic E-state index is 12.0. The van der Waals surface area contributed by atoms with Crippen LogP contribution in [-0.4, -0.2) is 16.9 Å². The number of carbonyl (C=O) groups excluding carboxylic acids is 2. The van der Waals surface area contributed by atoms with E-state index in [1.807, 2.05) is 0 Å². The smallest absolute Gasteiger partial charge is 0.271 e. The van der Waals surface area contributed by atoms with Crippen LogP contribution in [0.4, 0.5) is 0 Å². The second-order valence-electron chi connectivity index (χ2n) is 4.88. The lowest BCUT2D eigenvalue weighted by molar-refractivity contribution is -0.115. The molecular formula is C17H12Cl3N3O2S. The second kappa shape index (κ2) is 9.54. The van der Waals surface area contributed by atoms with E-state index in [9.17, 15) is 9.59 Å². The predicted octanol–water partition coefficient (Wildman–Crippen LogP) is 4.00. The van der Waals surface area contributed by atoms with E-state index in [-0.39, 0.29) is 15.7 Å². The van der Waals surface area contributed by atoms with Crippen LogP contribution in [0.2, 0.25) is 15.1 Å². The van der Waals surface area contributed by atoms with E-state index in [0.717, 1.165) is 0 Å². The Balaban J connectivity index is 1.85. The summed E-state index contributed by atoms with van der Waals surface area (Å²) >= 11 is 22.6. The normalized spacial score (nSPS) is 10.4. The molecule has 0 saturated heterocycles. The van der Waals surface area contributed by atoms with Crippen LogP contribution in [-0.2, 0) is 4.79 Å². The van der Waals surface area contributed by atoms with Crippen molar-refractivity contribution in [2.45, 2.75) is 0 Å². The molecule has 0 aliphatic rings. The Morgan fingerprint density at radius 1 is 0.962 bits per heavy atom. The van der Waals surface area contributed by atoms with Crippen molar-refractivity contribution < 1.29 is 9.59 Å². The van der Waals surface area contributed by atoms with Crippen molar-refractivity contribution in [2.75, 3.05) is 0 Å². The van der Waals surface area contributed by atoms with E-state index in [2.05, 4.69) is 16.2 Å². The second-order valence-corrected chi connectivity index (χ2v) is 6.54. The highest BCUT2D eigenvalue weighted by molar-refractivity contribution is 7.80. The molecule has 0 bridgehead atoms. The fourth-order valence-electron chi connectivity index (χ4n) is 1.82. The molecular weight excluding hydrogens is 417 g/mol. The number of hydrazine groups is 1. The number of rotatable bonds is 3. The Labute approximate surface area is 170 Å². The minimum atomic E-state index is -0.533. The highest BCUT2D eigenvalue weighted by Crippen LogP contribution is 2.20. The number of amides is 2. The van der Waals surface area contributed by atoms with Crippen LogP contribution in [0.25, 0.3) is 6.08 Å². The summed E-state index contributed by atoms with van der Waals surface area (Å²) in [6, 6.07) is 11.5. The van der Waals surface area contributed by atoms with E-state index < -0.39 is 11.8 Å². The summed E-state index contributed by atoms with van der Waals surface area (Å²) in [5.41, 5.74) is 5.63. The zero-order chi connectivity index (χ0) is 19.1. The summed E-state index contributed by atoms with van der Waals surface area (Å²) < 4.78 is 0. The Hall–Kier alpha value is -2.12. The van der Waals surface area contributed by atoms with Crippen molar-refractivity contribution in [2.24, 2.45) is 0 Å². The molecule has 9 heteroatoms. The zero-order valence-corrected chi connectivity index (χ0v) is 16.1. The Kier molecular flexibility index (Phi) is 7.41. The SMILES string of the molecule is O=C(/C=C/c1ccccc1Cl)NC(=S)NNC(=O)c1ccc(Cl)cc1Cl. The fraction of sp³-hybridized carbons (Fsp3) is 0. The van der Waals surface area contributed by atoms with Gasteiger partial charge in [-0.15, -0.1) is 0 Å². The molecule has 0 radical (unpaired) electrons. The van der Waals surface area contributed by atoms with E-state index in [1.54, 1.807) is 30.3 Å². The van der Waals surface area contributed by atoms with Gasteiger partial charge in [-0.3, -0.25) is 25.8 Å². The van der Waals surface area contributed by atoms with Gasteiger partial charge in [0.25, 0.3) is 5.91 Å². The molecule has 0 aromatic heterocycles. The molecule has 2 aromatic rings. The van der Waals surface area contributed by atoms with Crippen LogP contribution >= 0.6 is 47.0 Å². The maximum atomic E-state index is 12.0. The van der Waals surface area contributed by atoms with Crippen LogP contribution in [0.1, 0.15) is 15.9 Å². The Bertz CT molecular complexity index is 887. The third-order valence-electron chi connectivity index (χ3n) is 3.02. The summed E-state index contributed by atoms with van der Waals surface area (Å²) in [7, 11) is 0. The summed E-state index contributed by atoms with van der Waals surface area (Å²) in [4.78, 5) is 23.8. The quantitative estimate of drug-likeness (QED) is 0.393. The highest BCUT2D eigenvalue weighted by Gasteiger charge is 2.11. The van der Waals surface area contributed by atoms with Crippen molar-refractivity contribution in [3.63, 3.8) is 0 Å². The lowest BCUT2D eigenvalue weighted by Crippen LogP contribution is -2.48. The molecule has 0 aliphatic heterocycles. The highest BCUT2D eigenvalue weighted by atomic mass is 35.5. The molecule has 0 spiro atoms. The monoisotopic (exact) mass is 427 g/mol. The first-order valence-corrected chi connectivity index (χ1v) is 8.70. The van der Waals surface area contributed by atoms with Gasteiger partial charge in [0, 0.05) is 16.1 Å². The van der Waals surface area contributed by atoms with Crippen LogP contribution in [0.15, 0.2) is 48.5 Å². The average molecular weight is 429 g/mol. The Morgan fingerprint density at radius 3 is 2.38 bits per heavy atom. The largest absolute Gasteiger partial charge is 0.298 e. The minimum absolute atomic E-state index is 0.0859. The van der Waals surface area contributed by atoms with Crippen LogP contribution < -0.4 is 16.2 Å². The van der Waals surface area contributed by atoms with Gasteiger partial charge in [-0.2, -0.15) is 0 Å². The van der Waals surface area contributed by atoms with Gasteiger partial charge in [0.15, 0.2) is 5.11 Å². The molecule has 2 aromatic carbocycles. The topological polar surface area (TPSA) is 70.2 Å². The molecule has 5 nitrogen and oxygen atoms in total. The molecule has 0 aliphatic carbocycles. The standard InChI is InChI=1S/C17H12Cl3N3O2S/c18-11-6-7-12(14(20)9-11)16(25)22-23-17(26)21-15(24)8-5-10-3-1-2-4-13(10)19/h1-9H,(H,22,25)(H2,21,23,24,26)/b8-5+. The number of carbonyl (C=O) groups is 2. The average Bonchev–Trinajstić information content (AvgIpc) is 2.59. The summed E-state index contributed by atoms with van der Waals surface area (Å²) in [5, 5.41) is 3.41. The first-order chi connectivity index (χ1) is 12.4. The van der Waals surface area contributed by atoms with Crippen molar-refractivity contribution in [1.29, 1.82) is 0 Å². The van der Waals surface area contributed by atoms with Gasteiger partial charge in [0.1, 0.15) is 0 Å². The van der Waals surface area contributed by atoms with Gasteiger partial charge < -0.3 is 0 Å². The van der Waals surface area contributed by atoms with E-state index in [4.69, 9.17) is 47.0 Å². The van der Waals surface area contributed by atoms with Crippen LogP contribution in [0.5, 0.6) is 0 Å². The molecule has 134 valence electrons. The predicted molar refractivity (Wildman–Crippen MR) is 108 cm³/mol. The van der Waals surface area contributed by atoms with Crippen molar-refractivity contribution >= 4 is 70.0 Å². The number of benzene rings is 2. The molecule has 0 unspecified atom stereocenters. The number of hydrogen-bond acceptors (Lipinski definition) is 3. The van der Waals surface area contributed by atoms with Gasteiger partial charge >= 0.3 is 0 Å². The van der Waals surface area contributed by atoms with Gasteiger partial charge in [0.05, 0.1) is 10.6 Å². The number of halogens is 3. The third-order valence-corrected chi connectivity index (χ3v) is 4.12. The summed E-state index contributed by atoms with van der Waals surface area (Å²) in [6.07, 6.45) is 2.82. The van der Waals surface area contributed by atoms with Crippen molar-refractivity contribution in [3.8, 4) is 0 Å². The zero-order valence-electron chi connectivity index (χ0n) is 13.1. The molecule has 26 heavy (non-hydrogen) atoms. The Morgan fingerprint density at radius 2 is 1.69 bits per heavy atom. The van der Waals surface area contributed by atoms with E-state index >= 15 is 0 Å². The fourth-order valence-corrected chi connectivity index (χ4v) is 2.66. The number of nitrogens with one attached hydrogen (secondary N) is 3. The molecule has 0 fully saturated rings. The van der Waals surface area contributed by atoms with E-state index in [1.165, 1.54) is 24.3 Å². The lowest BCUT2D eigenvalue weighted by Gasteiger charge is -2.10. The molecule has 0 atom stereocenters. The first-order valence-electron chi connectivity index (χ1n) is 7.16. The molecule has 0 heterocycles. The third kappa shape index (κ3) is 6.00. The van der Waals surface area contributed by atoms with Crippen LogP contribution in [0.3, 0.4) is 0 Å². The van der Waals surface area contributed by atoms with Gasteiger partial charge in [-0.1, -0.05) is 53.0 Å². The number of thiocarbonyl (C=S) groups is 1. The molecule has 2 amide bonds. The van der Waals surface area contributed by atoms with Crippen molar-refractivity contribution in [1.82, 2.24) is 16.2 Å². The number of hydrogen-bond donors (Lipinski definition) is 3. The van der Waals surface area contributed by atoms with Gasteiger partial charge in [-0.25, -0.2) is 0 Å².